The molecule has 0 aliphatic carbocycles. The molecule has 2 aromatic rings. The number of aliphatic hydroxyl groups is 2. The molecule has 2 rings (SSSR count). The molecule has 0 spiro atoms. The average molecular weight is 463 g/mol. The zero-order valence-electron chi connectivity index (χ0n) is 18.2. The van der Waals surface area contributed by atoms with E-state index in [4.69, 9.17) is 10.8 Å². The molecule has 0 aliphatic rings. The van der Waals surface area contributed by atoms with Gasteiger partial charge >= 0.3 is 5.97 Å². The summed E-state index contributed by atoms with van der Waals surface area (Å²) in [6.45, 7) is 1.71. The molecule has 0 saturated heterocycles. The summed E-state index contributed by atoms with van der Waals surface area (Å²) in [4.78, 5) is 51.2. The van der Waals surface area contributed by atoms with Gasteiger partial charge in [-0.15, -0.1) is 0 Å². The summed E-state index contributed by atoms with van der Waals surface area (Å²) in [5.74, 6) is -3.87. The number of carboxylic acids is 1. The standard InChI is InChI=1S/C21H29N5O7/c1-10(18(29)25-16(9-27)20(31)26-17(11(2)28)21(32)33)24-19(30)14(22)7-12-8-23-15-6-4-3-5-13(12)15/h3-6,8,10-11,14,16-17,23,27-28H,7,9,22H2,1-2H3,(H,24,30)(H,25,29)(H,26,31)(H,32,33). The maximum Gasteiger partial charge on any atom is 0.328 e. The van der Waals surface area contributed by atoms with Crippen molar-refractivity contribution in [2.45, 2.75) is 50.5 Å². The van der Waals surface area contributed by atoms with Gasteiger partial charge in [0.05, 0.1) is 18.8 Å². The summed E-state index contributed by atoms with van der Waals surface area (Å²) >= 11 is 0. The Kier molecular flexibility index (Phi) is 8.91. The minimum atomic E-state index is -1.62. The quantitative estimate of drug-likeness (QED) is 0.186. The number of para-hydroxylation sites is 1. The van der Waals surface area contributed by atoms with E-state index in [1.54, 1.807) is 6.20 Å². The highest BCUT2D eigenvalue weighted by atomic mass is 16.4. The number of nitrogens with two attached hydrogens (primary N) is 1. The molecular weight excluding hydrogens is 434 g/mol. The van der Waals surface area contributed by atoms with Gasteiger partial charge < -0.3 is 42.0 Å². The van der Waals surface area contributed by atoms with Crippen LogP contribution in [0.4, 0.5) is 0 Å². The van der Waals surface area contributed by atoms with E-state index >= 15 is 0 Å². The van der Waals surface area contributed by atoms with Gasteiger partial charge in [0.2, 0.25) is 17.7 Å². The molecule has 0 fully saturated rings. The van der Waals surface area contributed by atoms with E-state index in [2.05, 4.69) is 15.6 Å². The molecule has 12 heteroatoms. The lowest BCUT2D eigenvalue weighted by molar-refractivity contribution is -0.145. The van der Waals surface area contributed by atoms with Crippen LogP contribution >= 0.6 is 0 Å². The van der Waals surface area contributed by atoms with Gasteiger partial charge in [0.1, 0.15) is 12.1 Å². The van der Waals surface area contributed by atoms with E-state index < -0.39 is 60.6 Å². The van der Waals surface area contributed by atoms with Crippen LogP contribution in [0.1, 0.15) is 19.4 Å². The van der Waals surface area contributed by atoms with Crippen LogP contribution in [0.15, 0.2) is 30.5 Å². The van der Waals surface area contributed by atoms with Crippen molar-refractivity contribution in [1.29, 1.82) is 0 Å². The number of carboxylic acid groups (broad SMARTS) is 1. The van der Waals surface area contributed by atoms with Gasteiger partial charge in [0.25, 0.3) is 0 Å². The number of aromatic nitrogens is 1. The number of H-pyrrole nitrogens is 1. The molecule has 0 aliphatic heterocycles. The average Bonchev–Trinajstić information content (AvgIpc) is 3.17. The number of aromatic amines is 1. The topological polar surface area (TPSA) is 207 Å². The first kappa shape index (κ1) is 25.8. The fourth-order valence-electron chi connectivity index (χ4n) is 3.15. The highest BCUT2D eigenvalue weighted by molar-refractivity contribution is 5.94. The van der Waals surface area contributed by atoms with Crippen LogP contribution in [0.25, 0.3) is 10.9 Å². The molecule has 1 aromatic heterocycles. The minimum Gasteiger partial charge on any atom is -0.480 e. The third-order valence-corrected chi connectivity index (χ3v) is 5.07. The second-order valence-electron chi connectivity index (χ2n) is 7.71. The summed E-state index contributed by atoms with van der Waals surface area (Å²) in [6.07, 6.45) is 0.580. The number of aliphatic carboxylic acids is 1. The lowest BCUT2D eigenvalue weighted by Crippen LogP contribution is -2.58. The molecule has 3 amide bonds. The van der Waals surface area contributed by atoms with Crippen molar-refractivity contribution in [3.8, 4) is 0 Å². The van der Waals surface area contributed by atoms with Gasteiger partial charge in [-0.25, -0.2) is 4.79 Å². The molecule has 5 atom stereocenters. The van der Waals surface area contributed by atoms with Crippen molar-refractivity contribution in [2.75, 3.05) is 6.61 Å². The molecule has 0 bridgehead atoms. The van der Waals surface area contributed by atoms with Gasteiger partial charge in [-0.3, -0.25) is 14.4 Å². The van der Waals surface area contributed by atoms with E-state index in [1.807, 2.05) is 29.6 Å². The largest absolute Gasteiger partial charge is 0.480 e. The van der Waals surface area contributed by atoms with Crippen molar-refractivity contribution in [2.24, 2.45) is 5.73 Å². The maximum atomic E-state index is 12.5. The number of rotatable bonds is 11. The number of hydrogen-bond donors (Lipinski definition) is 8. The van der Waals surface area contributed by atoms with Crippen molar-refractivity contribution < 1.29 is 34.5 Å². The molecular formula is C21H29N5O7. The molecule has 1 aromatic carbocycles. The molecule has 9 N–H and O–H groups in total. The fraction of sp³-hybridized carbons (Fsp3) is 0.429. The minimum absolute atomic E-state index is 0.224. The first-order valence-corrected chi connectivity index (χ1v) is 10.3. The third kappa shape index (κ3) is 6.75. The van der Waals surface area contributed by atoms with Crippen LogP contribution in [0, 0.1) is 0 Å². The van der Waals surface area contributed by atoms with Crippen molar-refractivity contribution in [1.82, 2.24) is 20.9 Å². The Morgan fingerprint density at radius 1 is 1.03 bits per heavy atom. The van der Waals surface area contributed by atoms with E-state index in [9.17, 15) is 29.4 Å². The predicted molar refractivity (Wildman–Crippen MR) is 118 cm³/mol. The van der Waals surface area contributed by atoms with Crippen molar-refractivity contribution >= 4 is 34.6 Å². The van der Waals surface area contributed by atoms with E-state index in [-0.39, 0.29) is 6.42 Å². The summed E-state index contributed by atoms with van der Waals surface area (Å²) in [6, 6.07) is 2.38. The van der Waals surface area contributed by atoms with Crippen LogP contribution in [0.5, 0.6) is 0 Å². The molecule has 12 nitrogen and oxygen atoms in total. The van der Waals surface area contributed by atoms with E-state index in [0.717, 1.165) is 16.5 Å². The van der Waals surface area contributed by atoms with Gasteiger partial charge in [-0.2, -0.15) is 0 Å². The van der Waals surface area contributed by atoms with E-state index in [0.29, 0.717) is 0 Å². The zero-order valence-corrected chi connectivity index (χ0v) is 18.2. The molecule has 0 radical (unpaired) electrons. The third-order valence-electron chi connectivity index (χ3n) is 5.07. The van der Waals surface area contributed by atoms with Gasteiger partial charge in [-0.1, -0.05) is 18.2 Å². The highest BCUT2D eigenvalue weighted by Crippen LogP contribution is 2.18. The number of fused-ring (bicyclic) bond motifs is 1. The Morgan fingerprint density at radius 3 is 2.30 bits per heavy atom. The summed E-state index contributed by atoms with van der Waals surface area (Å²) in [5, 5.41) is 35.6. The summed E-state index contributed by atoms with van der Waals surface area (Å²) in [5.41, 5.74) is 7.74. The number of aliphatic hydroxyl groups excluding tert-OH is 2. The van der Waals surface area contributed by atoms with Crippen molar-refractivity contribution in [3.05, 3.63) is 36.0 Å². The fourth-order valence-corrected chi connectivity index (χ4v) is 3.15. The number of hydrogen-bond acceptors (Lipinski definition) is 7. The SMILES string of the molecule is CC(NC(=O)C(N)Cc1c[nH]c2ccccc12)C(=O)NC(CO)C(=O)NC(C(=O)O)C(C)O. The van der Waals surface area contributed by atoms with Crippen LogP contribution in [0.3, 0.4) is 0 Å². The van der Waals surface area contributed by atoms with Gasteiger partial charge in [-0.05, 0) is 31.9 Å². The zero-order chi connectivity index (χ0) is 24.7. The molecule has 33 heavy (non-hydrogen) atoms. The Labute approximate surface area is 189 Å². The number of nitrogens with one attached hydrogen (secondary N) is 4. The maximum absolute atomic E-state index is 12.5. The Balaban J connectivity index is 1.92. The molecule has 1 heterocycles. The molecule has 180 valence electrons. The smallest absolute Gasteiger partial charge is 0.328 e. The predicted octanol–water partition coefficient (Wildman–Crippen LogP) is -2.03. The van der Waals surface area contributed by atoms with Gasteiger partial charge in [0.15, 0.2) is 6.04 Å². The van der Waals surface area contributed by atoms with Gasteiger partial charge in [0, 0.05) is 17.1 Å². The first-order chi connectivity index (χ1) is 15.5. The van der Waals surface area contributed by atoms with Crippen LogP contribution in [-0.2, 0) is 25.6 Å². The Morgan fingerprint density at radius 2 is 1.70 bits per heavy atom. The first-order valence-electron chi connectivity index (χ1n) is 10.3. The second kappa shape index (κ2) is 11.4. The molecule has 5 unspecified atom stereocenters. The number of carbonyl (C=O) groups excluding carboxylic acids is 3. The van der Waals surface area contributed by atoms with Crippen LogP contribution in [-0.4, -0.2) is 80.9 Å². The number of amides is 3. The summed E-state index contributed by atoms with van der Waals surface area (Å²) < 4.78 is 0. The monoisotopic (exact) mass is 463 g/mol. The normalized spacial score (nSPS) is 15.7. The van der Waals surface area contributed by atoms with Crippen LogP contribution < -0.4 is 21.7 Å². The van der Waals surface area contributed by atoms with Crippen molar-refractivity contribution in [3.63, 3.8) is 0 Å². The highest BCUT2D eigenvalue weighted by Gasteiger charge is 2.30. The molecule has 0 saturated carbocycles. The second-order valence-corrected chi connectivity index (χ2v) is 7.71. The Hall–Kier alpha value is -3.48. The Bertz CT molecular complexity index is 1010. The lowest BCUT2D eigenvalue weighted by atomic mass is 10.0. The number of carbonyl (C=O) groups is 4. The number of benzene rings is 1. The lowest BCUT2D eigenvalue weighted by Gasteiger charge is -2.23. The van der Waals surface area contributed by atoms with E-state index in [1.165, 1.54) is 13.8 Å². The summed E-state index contributed by atoms with van der Waals surface area (Å²) in [7, 11) is 0. The van der Waals surface area contributed by atoms with Crippen LogP contribution in [0.2, 0.25) is 0 Å².